The van der Waals surface area contributed by atoms with Crippen molar-refractivity contribution in [2.75, 3.05) is 11.9 Å². The van der Waals surface area contributed by atoms with Gasteiger partial charge in [-0.3, -0.25) is 9.69 Å². The van der Waals surface area contributed by atoms with Gasteiger partial charge >= 0.3 is 0 Å². The van der Waals surface area contributed by atoms with Gasteiger partial charge in [0.2, 0.25) is 5.91 Å². The SMILES string of the molecule is Cc1ccc(Cl)cc1NC(=O)[C@H](C)N1CCc2ccccc2C1. The van der Waals surface area contributed by atoms with Crippen LogP contribution in [0.4, 0.5) is 5.69 Å². The number of anilines is 1. The van der Waals surface area contributed by atoms with Gasteiger partial charge in [0.1, 0.15) is 0 Å². The second-order valence-electron chi connectivity index (χ2n) is 6.11. The molecule has 1 aliphatic rings. The van der Waals surface area contributed by atoms with E-state index in [0.717, 1.165) is 30.8 Å². The number of benzene rings is 2. The molecule has 1 N–H and O–H groups in total. The lowest BCUT2D eigenvalue weighted by atomic mass is 9.98. The lowest BCUT2D eigenvalue weighted by molar-refractivity contribution is -0.121. The number of hydrogen-bond acceptors (Lipinski definition) is 2. The van der Waals surface area contributed by atoms with Gasteiger partial charge in [-0.15, -0.1) is 0 Å². The summed E-state index contributed by atoms with van der Waals surface area (Å²) in [5.41, 5.74) is 4.50. The summed E-state index contributed by atoms with van der Waals surface area (Å²) >= 11 is 6.02. The van der Waals surface area contributed by atoms with E-state index in [9.17, 15) is 4.79 Å². The minimum absolute atomic E-state index is 0.00903. The summed E-state index contributed by atoms with van der Waals surface area (Å²) in [7, 11) is 0. The van der Waals surface area contributed by atoms with E-state index in [1.54, 1.807) is 6.07 Å². The van der Waals surface area contributed by atoms with Crippen LogP contribution in [-0.2, 0) is 17.8 Å². The van der Waals surface area contributed by atoms with Crippen molar-refractivity contribution in [3.63, 3.8) is 0 Å². The Morgan fingerprint density at radius 1 is 1.22 bits per heavy atom. The molecule has 0 aromatic heterocycles. The van der Waals surface area contributed by atoms with Crippen molar-refractivity contribution in [1.82, 2.24) is 4.90 Å². The van der Waals surface area contributed by atoms with Crippen LogP contribution in [0.3, 0.4) is 0 Å². The molecule has 0 bridgehead atoms. The molecule has 0 fully saturated rings. The third-order valence-electron chi connectivity index (χ3n) is 4.54. The van der Waals surface area contributed by atoms with Crippen LogP contribution < -0.4 is 5.32 Å². The highest BCUT2D eigenvalue weighted by Crippen LogP contribution is 2.23. The molecule has 2 aromatic carbocycles. The first-order valence-corrected chi connectivity index (χ1v) is 8.30. The summed E-state index contributed by atoms with van der Waals surface area (Å²) in [5, 5.41) is 3.64. The number of carbonyl (C=O) groups is 1. The van der Waals surface area contributed by atoms with Crippen molar-refractivity contribution in [2.45, 2.75) is 32.9 Å². The number of amides is 1. The molecule has 2 aromatic rings. The number of rotatable bonds is 3. The molecule has 0 aliphatic carbocycles. The Balaban J connectivity index is 1.70. The first kappa shape index (κ1) is 16.0. The molecule has 0 saturated heterocycles. The summed E-state index contributed by atoms with van der Waals surface area (Å²) in [4.78, 5) is 14.8. The van der Waals surface area contributed by atoms with Crippen LogP contribution in [0.15, 0.2) is 42.5 Å². The molecule has 1 heterocycles. The fraction of sp³-hybridized carbons (Fsp3) is 0.316. The molecule has 0 unspecified atom stereocenters. The summed E-state index contributed by atoms with van der Waals surface area (Å²) in [6.07, 6.45) is 0.990. The molecule has 3 rings (SSSR count). The van der Waals surface area contributed by atoms with E-state index >= 15 is 0 Å². The van der Waals surface area contributed by atoms with Crippen molar-refractivity contribution >= 4 is 23.2 Å². The Labute approximate surface area is 142 Å². The van der Waals surface area contributed by atoms with Crippen LogP contribution in [0.5, 0.6) is 0 Å². The van der Waals surface area contributed by atoms with Gasteiger partial charge in [0.05, 0.1) is 6.04 Å². The lowest BCUT2D eigenvalue weighted by Gasteiger charge is -2.33. The first-order chi connectivity index (χ1) is 11.0. The number of fused-ring (bicyclic) bond motifs is 1. The molecule has 1 atom stereocenters. The van der Waals surface area contributed by atoms with Crippen LogP contribution in [0.25, 0.3) is 0 Å². The maximum Gasteiger partial charge on any atom is 0.241 e. The minimum Gasteiger partial charge on any atom is -0.324 e. The van der Waals surface area contributed by atoms with Crippen LogP contribution in [0.2, 0.25) is 5.02 Å². The first-order valence-electron chi connectivity index (χ1n) is 7.92. The molecule has 0 saturated carbocycles. The van der Waals surface area contributed by atoms with Crippen LogP contribution in [0.1, 0.15) is 23.6 Å². The van der Waals surface area contributed by atoms with E-state index in [2.05, 4.69) is 34.5 Å². The van der Waals surface area contributed by atoms with Crippen LogP contribution in [0, 0.1) is 6.92 Å². The smallest absolute Gasteiger partial charge is 0.241 e. The van der Waals surface area contributed by atoms with Crippen molar-refractivity contribution in [3.05, 3.63) is 64.2 Å². The monoisotopic (exact) mass is 328 g/mol. The standard InChI is InChI=1S/C19H21ClN2O/c1-13-7-8-17(20)11-18(13)21-19(23)14(2)22-10-9-15-5-3-4-6-16(15)12-22/h3-8,11,14H,9-10,12H2,1-2H3,(H,21,23)/t14-/m0/s1. The zero-order valence-electron chi connectivity index (χ0n) is 13.5. The van der Waals surface area contributed by atoms with Gasteiger partial charge in [0, 0.05) is 23.8 Å². The lowest BCUT2D eigenvalue weighted by Crippen LogP contribution is -2.44. The highest BCUT2D eigenvalue weighted by Gasteiger charge is 2.25. The molecule has 3 nitrogen and oxygen atoms in total. The Hall–Kier alpha value is -1.84. The molecule has 0 spiro atoms. The quantitative estimate of drug-likeness (QED) is 0.922. The normalized spacial score (nSPS) is 15.8. The topological polar surface area (TPSA) is 32.3 Å². The summed E-state index contributed by atoms with van der Waals surface area (Å²) < 4.78 is 0. The largest absolute Gasteiger partial charge is 0.324 e. The molecular formula is C19H21ClN2O. The van der Waals surface area contributed by atoms with Gasteiger partial charge in [-0.1, -0.05) is 41.9 Å². The second kappa shape index (κ2) is 6.73. The van der Waals surface area contributed by atoms with Crippen molar-refractivity contribution in [1.29, 1.82) is 0 Å². The highest BCUT2D eigenvalue weighted by molar-refractivity contribution is 6.31. The Morgan fingerprint density at radius 2 is 1.96 bits per heavy atom. The van der Waals surface area contributed by atoms with Crippen molar-refractivity contribution < 1.29 is 4.79 Å². The fourth-order valence-electron chi connectivity index (χ4n) is 2.98. The van der Waals surface area contributed by atoms with Crippen LogP contribution >= 0.6 is 11.6 Å². The Kier molecular flexibility index (Phi) is 4.69. The highest BCUT2D eigenvalue weighted by atomic mass is 35.5. The van der Waals surface area contributed by atoms with Crippen LogP contribution in [-0.4, -0.2) is 23.4 Å². The molecule has 120 valence electrons. The maximum absolute atomic E-state index is 12.6. The molecule has 1 aliphatic heterocycles. The molecular weight excluding hydrogens is 308 g/mol. The maximum atomic E-state index is 12.6. The summed E-state index contributed by atoms with van der Waals surface area (Å²) in [6, 6.07) is 13.8. The number of aryl methyl sites for hydroxylation is 1. The number of hydrogen-bond donors (Lipinski definition) is 1. The van der Waals surface area contributed by atoms with E-state index < -0.39 is 0 Å². The molecule has 23 heavy (non-hydrogen) atoms. The van der Waals surface area contributed by atoms with Gasteiger partial charge in [0.25, 0.3) is 0 Å². The van der Waals surface area contributed by atoms with E-state index in [4.69, 9.17) is 11.6 Å². The van der Waals surface area contributed by atoms with Gasteiger partial charge in [-0.25, -0.2) is 0 Å². The zero-order valence-corrected chi connectivity index (χ0v) is 14.2. The van der Waals surface area contributed by atoms with E-state index in [1.807, 2.05) is 26.0 Å². The third kappa shape index (κ3) is 3.57. The fourth-order valence-corrected chi connectivity index (χ4v) is 3.15. The molecule has 4 heteroatoms. The van der Waals surface area contributed by atoms with Gasteiger partial charge < -0.3 is 5.32 Å². The summed E-state index contributed by atoms with van der Waals surface area (Å²) in [6.45, 7) is 5.65. The predicted octanol–water partition coefficient (Wildman–Crippen LogP) is 4.03. The zero-order chi connectivity index (χ0) is 16.4. The van der Waals surface area contributed by atoms with Crippen molar-refractivity contribution in [2.24, 2.45) is 0 Å². The second-order valence-corrected chi connectivity index (χ2v) is 6.55. The Morgan fingerprint density at radius 3 is 2.74 bits per heavy atom. The number of nitrogens with one attached hydrogen (secondary N) is 1. The number of carbonyl (C=O) groups excluding carboxylic acids is 1. The molecule has 1 amide bonds. The third-order valence-corrected chi connectivity index (χ3v) is 4.78. The van der Waals surface area contributed by atoms with E-state index in [0.29, 0.717) is 5.02 Å². The Bertz CT molecular complexity index is 729. The summed E-state index contributed by atoms with van der Waals surface area (Å²) in [5.74, 6) is 0.00903. The van der Waals surface area contributed by atoms with E-state index in [-0.39, 0.29) is 11.9 Å². The van der Waals surface area contributed by atoms with Gasteiger partial charge in [-0.2, -0.15) is 0 Å². The predicted molar refractivity (Wildman–Crippen MR) is 94.8 cm³/mol. The average Bonchev–Trinajstić information content (AvgIpc) is 2.57. The number of halogens is 1. The van der Waals surface area contributed by atoms with E-state index in [1.165, 1.54) is 11.1 Å². The van der Waals surface area contributed by atoms with Crippen molar-refractivity contribution in [3.8, 4) is 0 Å². The average molecular weight is 329 g/mol. The molecule has 0 radical (unpaired) electrons. The minimum atomic E-state index is -0.179. The van der Waals surface area contributed by atoms with Gasteiger partial charge in [-0.05, 0) is 49.1 Å². The van der Waals surface area contributed by atoms with Gasteiger partial charge in [0.15, 0.2) is 0 Å². The number of nitrogens with zero attached hydrogens (tertiary/aromatic N) is 1.